The fourth-order valence-corrected chi connectivity index (χ4v) is 2.00. The van der Waals surface area contributed by atoms with Crippen molar-refractivity contribution in [2.24, 2.45) is 0 Å². The molecule has 9 heteroatoms. The van der Waals surface area contributed by atoms with Gasteiger partial charge in [-0.3, -0.25) is 14.8 Å². The van der Waals surface area contributed by atoms with Crippen molar-refractivity contribution < 1.29 is 14.8 Å². The van der Waals surface area contributed by atoms with E-state index in [1.807, 2.05) is 6.92 Å². The lowest BCUT2D eigenvalue weighted by molar-refractivity contribution is -0.384. The molecule has 1 aromatic heterocycles. The SMILES string of the molecule is CCn1cc(Nc2c(Cl)cc([N+](=O)[O-])cc2C(=O)O)cn1. The first-order chi connectivity index (χ1) is 9.92. The van der Waals surface area contributed by atoms with Crippen molar-refractivity contribution in [3.8, 4) is 0 Å². The highest BCUT2D eigenvalue weighted by Crippen LogP contribution is 2.33. The first-order valence-corrected chi connectivity index (χ1v) is 6.31. The van der Waals surface area contributed by atoms with E-state index in [-0.39, 0.29) is 22.0 Å². The van der Waals surface area contributed by atoms with Gasteiger partial charge in [-0.2, -0.15) is 5.10 Å². The number of nitro groups is 1. The number of benzene rings is 1. The first kappa shape index (κ1) is 14.8. The fraction of sp³-hybridized carbons (Fsp3) is 0.167. The second-order valence-corrected chi connectivity index (χ2v) is 4.53. The molecule has 8 nitrogen and oxygen atoms in total. The van der Waals surface area contributed by atoms with E-state index < -0.39 is 10.9 Å². The third kappa shape index (κ3) is 3.11. The number of aromatic carboxylic acids is 1. The van der Waals surface area contributed by atoms with E-state index in [1.54, 1.807) is 10.9 Å². The van der Waals surface area contributed by atoms with Gasteiger partial charge in [0.1, 0.15) is 0 Å². The van der Waals surface area contributed by atoms with Gasteiger partial charge in [0.25, 0.3) is 5.69 Å². The molecule has 0 fully saturated rings. The van der Waals surface area contributed by atoms with E-state index in [1.165, 1.54) is 6.20 Å². The summed E-state index contributed by atoms with van der Waals surface area (Å²) in [5, 5.41) is 26.8. The van der Waals surface area contributed by atoms with Crippen molar-refractivity contribution in [2.45, 2.75) is 13.5 Å². The van der Waals surface area contributed by atoms with Gasteiger partial charge in [-0.15, -0.1) is 0 Å². The normalized spacial score (nSPS) is 10.4. The monoisotopic (exact) mass is 310 g/mol. The highest BCUT2D eigenvalue weighted by Gasteiger charge is 2.20. The molecule has 21 heavy (non-hydrogen) atoms. The molecule has 0 unspecified atom stereocenters. The Balaban J connectivity index is 2.46. The number of anilines is 2. The number of aryl methyl sites for hydroxylation is 1. The molecule has 2 rings (SSSR count). The molecule has 2 N–H and O–H groups in total. The molecule has 0 saturated heterocycles. The van der Waals surface area contributed by atoms with E-state index in [2.05, 4.69) is 10.4 Å². The van der Waals surface area contributed by atoms with Crippen LogP contribution < -0.4 is 5.32 Å². The first-order valence-electron chi connectivity index (χ1n) is 5.93. The summed E-state index contributed by atoms with van der Waals surface area (Å²) in [4.78, 5) is 21.3. The number of non-ortho nitro benzene ring substituents is 1. The van der Waals surface area contributed by atoms with Gasteiger partial charge >= 0.3 is 5.97 Å². The number of carbonyl (C=O) groups is 1. The minimum Gasteiger partial charge on any atom is -0.478 e. The highest BCUT2D eigenvalue weighted by molar-refractivity contribution is 6.34. The maximum Gasteiger partial charge on any atom is 0.338 e. The smallest absolute Gasteiger partial charge is 0.338 e. The van der Waals surface area contributed by atoms with Gasteiger partial charge < -0.3 is 10.4 Å². The van der Waals surface area contributed by atoms with Gasteiger partial charge in [-0.1, -0.05) is 11.6 Å². The summed E-state index contributed by atoms with van der Waals surface area (Å²) in [5.74, 6) is -1.31. The molecule has 2 aromatic rings. The Kier molecular flexibility index (Phi) is 4.08. The Morgan fingerprint density at radius 3 is 2.81 bits per heavy atom. The predicted octanol–water partition coefficient (Wildman–Crippen LogP) is 2.91. The molecule has 0 aliphatic rings. The quantitative estimate of drug-likeness (QED) is 0.649. The Hall–Kier alpha value is -2.61. The molecule has 0 aliphatic carbocycles. The molecule has 0 atom stereocenters. The van der Waals surface area contributed by atoms with Crippen LogP contribution in [0.4, 0.5) is 17.1 Å². The second-order valence-electron chi connectivity index (χ2n) is 4.12. The summed E-state index contributed by atoms with van der Waals surface area (Å²) in [6.07, 6.45) is 3.18. The lowest BCUT2D eigenvalue weighted by Crippen LogP contribution is -2.04. The van der Waals surface area contributed by atoms with E-state index in [0.717, 1.165) is 12.1 Å². The summed E-state index contributed by atoms with van der Waals surface area (Å²) < 4.78 is 1.64. The van der Waals surface area contributed by atoms with Crippen molar-refractivity contribution in [1.29, 1.82) is 0 Å². The summed E-state index contributed by atoms with van der Waals surface area (Å²) in [6, 6.07) is 2.06. The minimum absolute atomic E-state index is 0.0501. The van der Waals surface area contributed by atoms with E-state index in [4.69, 9.17) is 11.6 Å². The van der Waals surface area contributed by atoms with Gasteiger partial charge in [0.05, 0.1) is 33.1 Å². The number of carboxylic acid groups (broad SMARTS) is 1. The van der Waals surface area contributed by atoms with Gasteiger partial charge in [0.2, 0.25) is 0 Å². The molecule has 110 valence electrons. The summed E-state index contributed by atoms with van der Waals surface area (Å²) in [7, 11) is 0. The molecule has 0 radical (unpaired) electrons. The third-order valence-electron chi connectivity index (χ3n) is 2.74. The van der Waals surface area contributed by atoms with Gasteiger partial charge in [0, 0.05) is 24.9 Å². The van der Waals surface area contributed by atoms with Crippen molar-refractivity contribution in [3.05, 3.63) is 45.2 Å². The average Bonchev–Trinajstić information content (AvgIpc) is 2.88. The van der Waals surface area contributed by atoms with Crippen LogP contribution in [-0.2, 0) is 6.54 Å². The summed E-state index contributed by atoms with van der Waals surface area (Å²) >= 11 is 5.96. The predicted molar refractivity (Wildman–Crippen MR) is 76.2 cm³/mol. The Labute approximate surface area is 124 Å². The van der Waals surface area contributed by atoms with Crippen LogP contribution in [0, 0.1) is 10.1 Å². The molecular weight excluding hydrogens is 300 g/mol. The Morgan fingerprint density at radius 1 is 1.57 bits per heavy atom. The second kappa shape index (κ2) is 5.80. The van der Waals surface area contributed by atoms with Gasteiger partial charge in [0.15, 0.2) is 0 Å². The van der Waals surface area contributed by atoms with Crippen LogP contribution in [0.3, 0.4) is 0 Å². The maximum absolute atomic E-state index is 11.3. The lowest BCUT2D eigenvalue weighted by atomic mass is 10.1. The zero-order valence-electron chi connectivity index (χ0n) is 10.9. The topological polar surface area (TPSA) is 110 Å². The van der Waals surface area contributed by atoms with Gasteiger partial charge in [-0.25, -0.2) is 4.79 Å². The van der Waals surface area contributed by atoms with E-state index in [0.29, 0.717) is 12.2 Å². The number of hydrogen-bond acceptors (Lipinski definition) is 5. The largest absolute Gasteiger partial charge is 0.478 e. The van der Waals surface area contributed by atoms with Crippen LogP contribution in [0.2, 0.25) is 5.02 Å². The zero-order chi connectivity index (χ0) is 15.6. The van der Waals surface area contributed by atoms with Crippen LogP contribution in [0.15, 0.2) is 24.5 Å². The van der Waals surface area contributed by atoms with Crippen LogP contribution in [0.5, 0.6) is 0 Å². The van der Waals surface area contributed by atoms with Crippen LogP contribution in [0.25, 0.3) is 0 Å². The maximum atomic E-state index is 11.3. The molecule has 0 aliphatic heterocycles. The minimum atomic E-state index is -1.31. The number of hydrogen-bond donors (Lipinski definition) is 2. The van der Waals surface area contributed by atoms with E-state index in [9.17, 15) is 20.0 Å². The molecule has 0 bridgehead atoms. The van der Waals surface area contributed by atoms with Crippen LogP contribution in [-0.4, -0.2) is 25.8 Å². The lowest BCUT2D eigenvalue weighted by Gasteiger charge is -2.09. The summed E-state index contributed by atoms with van der Waals surface area (Å²) in [6.45, 7) is 2.56. The highest BCUT2D eigenvalue weighted by atomic mass is 35.5. The molecule has 0 saturated carbocycles. The standard InChI is InChI=1S/C12H11ClN4O4/c1-2-16-6-7(5-14-16)15-11-9(12(18)19)3-8(17(20)21)4-10(11)13/h3-6,15H,2H2,1H3,(H,18,19). The number of nitrogens with zero attached hydrogens (tertiary/aromatic N) is 3. The van der Waals surface area contributed by atoms with Crippen molar-refractivity contribution >= 4 is 34.6 Å². The number of nitrogens with one attached hydrogen (secondary N) is 1. The third-order valence-corrected chi connectivity index (χ3v) is 3.04. The zero-order valence-corrected chi connectivity index (χ0v) is 11.7. The fourth-order valence-electron chi connectivity index (χ4n) is 1.74. The number of halogens is 1. The number of carboxylic acids is 1. The van der Waals surface area contributed by atoms with E-state index >= 15 is 0 Å². The van der Waals surface area contributed by atoms with Crippen molar-refractivity contribution in [1.82, 2.24) is 9.78 Å². The Bertz CT molecular complexity index is 713. The number of nitro benzene ring substituents is 1. The van der Waals surface area contributed by atoms with Gasteiger partial charge in [-0.05, 0) is 6.92 Å². The Morgan fingerprint density at radius 2 is 2.29 bits per heavy atom. The number of rotatable bonds is 5. The molecule has 0 amide bonds. The van der Waals surface area contributed by atoms with Crippen molar-refractivity contribution in [3.63, 3.8) is 0 Å². The van der Waals surface area contributed by atoms with Crippen molar-refractivity contribution in [2.75, 3.05) is 5.32 Å². The van der Waals surface area contributed by atoms with Crippen LogP contribution >= 0.6 is 11.6 Å². The number of aromatic nitrogens is 2. The molecular formula is C12H11ClN4O4. The van der Waals surface area contributed by atoms with Crippen LogP contribution in [0.1, 0.15) is 17.3 Å². The summed E-state index contributed by atoms with van der Waals surface area (Å²) in [5.41, 5.74) is -0.0359. The molecule has 1 aromatic carbocycles. The average molecular weight is 311 g/mol. The molecule has 1 heterocycles. The molecule has 0 spiro atoms.